The Kier molecular flexibility index (Phi) is 3.71. The summed E-state index contributed by atoms with van der Waals surface area (Å²) in [7, 11) is 0. The van der Waals surface area contributed by atoms with E-state index in [4.69, 9.17) is 5.11 Å². The van der Waals surface area contributed by atoms with E-state index in [1.54, 1.807) is 0 Å². The third-order valence-corrected chi connectivity index (χ3v) is 3.55. The number of carboxylic acids is 1. The Balaban J connectivity index is 1.85. The van der Waals surface area contributed by atoms with Gasteiger partial charge in [-0.25, -0.2) is 0 Å². The van der Waals surface area contributed by atoms with Gasteiger partial charge in [-0.2, -0.15) is 10.2 Å². The van der Waals surface area contributed by atoms with Crippen LogP contribution in [0, 0.1) is 18.8 Å². The first kappa shape index (κ1) is 12.0. The van der Waals surface area contributed by atoms with Crippen molar-refractivity contribution in [3.8, 4) is 0 Å². The van der Waals surface area contributed by atoms with Crippen LogP contribution < -0.4 is 0 Å². The standard InChI is InChI=1S/C13H18N2O2/c1-9-2-7-12(15-14-9)8-10-3-5-11(6-4-10)13(16)17/h2,7,10-11H,3-6,8H2,1H3,(H,16,17). The molecular weight excluding hydrogens is 216 g/mol. The SMILES string of the molecule is Cc1ccc(CC2CCC(C(=O)O)CC2)nn1. The number of carbonyl (C=O) groups is 1. The van der Waals surface area contributed by atoms with Crippen LogP contribution in [0.15, 0.2) is 12.1 Å². The van der Waals surface area contributed by atoms with Crippen LogP contribution in [-0.2, 0) is 11.2 Å². The van der Waals surface area contributed by atoms with Crippen LogP contribution in [0.1, 0.15) is 37.1 Å². The maximum atomic E-state index is 10.8. The summed E-state index contributed by atoms with van der Waals surface area (Å²) < 4.78 is 0. The van der Waals surface area contributed by atoms with Crippen LogP contribution >= 0.6 is 0 Å². The van der Waals surface area contributed by atoms with E-state index >= 15 is 0 Å². The molecule has 0 aliphatic heterocycles. The molecule has 1 aromatic heterocycles. The largest absolute Gasteiger partial charge is 0.481 e. The van der Waals surface area contributed by atoms with Crippen LogP contribution in [0.3, 0.4) is 0 Å². The molecule has 1 aliphatic rings. The van der Waals surface area contributed by atoms with E-state index in [-0.39, 0.29) is 5.92 Å². The Morgan fingerprint density at radius 1 is 1.29 bits per heavy atom. The first-order chi connectivity index (χ1) is 8.15. The zero-order valence-electron chi connectivity index (χ0n) is 10.1. The number of aryl methyl sites for hydroxylation is 1. The fourth-order valence-corrected chi connectivity index (χ4v) is 2.44. The van der Waals surface area contributed by atoms with Gasteiger partial charge in [0.25, 0.3) is 0 Å². The molecule has 0 bridgehead atoms. The van der Waals surface area contributed by atoms with Crippen LogP contribution in [0.25, 0.3) is 0 Å². The summed E-state index contributed by atoms with van der Waals surface area (Å²) in [6.45, 7) is 1.93. The van der Waals surface area contributed by atoms with E-state index in [0.29, 0.717) is 5.92 Å². The first-order valence-electron chi connectivity index (χ1n) is 6.17. The fraction of sp³-hybridized carbons (Fsp3) is 0.615. The first-order valence-corrected chi connectivity index (χ1v) is 6.17. The Bertz CT molecular complexity index is 381. The smallest absolute Gasteiger partial charge is 0.306 e. The number of aromatic nitrogens is 2. The second-order valence-electron chi connectivity index (χ2n) is 4.93. The molecule has 1 fully saturated rings. The number of carboxylic acid groups (broad SMARTS) is 1. The van der Waals surface area contributed by atoms with Gasteiger partial charge in [0.05, 0.1) is 17.3 Å². The number of hydrogen-bond donors (Lipinski definition) is 1. The van der Waals surface area contributed by atoms with E-state index in [2.05, 4.69) is 10.2 Å². The predicted molar refractivity (Wildman–Crippen MR) is 63.6 cm³/mol. The highest BCUT2D eigenvalue weighted by Crippen LogP contribution is 2.30. The van der Waals surface area contributed by atoms with Gasteiger partial charge in [0.15, 0.2) is 0 Å². The number of nitrogens with zero attached hydrogens (tertiary/aromatic N) is 2. The molecule has 1 heterocycles. The molecule has 0 aromatic carbocycles. The van der Waals surface area contributed by atoms with Gasteiger partial charge in [0, 0.05) is 0 Å². The lowest BCUT2D eigenvalue weighted by Crippen LogP contribution is -2.22. The van der Waals surface area contributed by atoms with E-state index in [9.17, 15) is 4.79 Å². The van der Waals surface area contributed by atoms with Crippen molar-refractivity contribution in [1.82, 2.24) is 10.2 Å². The maximum absolute atomic E-state index is 10.8. The fourth-order valence-electron chi connectivity index (χ4n) is 2.44. The summed E-state index contributed by atoms with van der Waals surface area (Å²) in [6.07, 6.45) is 4.53. The van der Waals surface area contributed by atoms with Crippen LogP contribution in [0.4, 0.5) is 0 Å². The molecule has 92 valence electrons. The maximum Gasteiger partial charge on any atom is 0.306 e. The molecule has 0 saturated heterocycles. The normalized spacial score (nSPS) is 24.5. The van der Waals surface area contributed by atoms with Crippen LogP contribution in [0.5, 0.6) is 0 Å². The average Bonchev–Trinajstić information content (AvgIpc) is 2.33. The summed E-state index contributed by atoms with van der Waals surface area (Å²) in [5.74, 6) is -0.198. The van der Waals surface area contributed by atoms with Gasteiger partial charge in [0.2, 0.25) is 0 Å². The average molecular weight is 234 g/mol. The Morgan fingerprint density at radius 2 is 2.00 bits per heavy atom. The van der Waals surface area contributed by atoms with Crippen molar-refractivity contribution in [3.63, 3.8) is 0 Å². The minimum absolute atomic E-state index is 0.129. The topological polar surface area (TPSA) is 63.1 Å². The molecular formula is C13H18N2O2. The number of hydrogen-bond acceptors (Lipinski definition) is 3. The van der Waals surface area contributed by atoms with Gasteiger partial charge >= 0.3 is 5.97 Å². The van der Waals surface area contributed by atoms with Crippen molar-refractivity contribution in [2.45, 2.75) is 39.0 Å². The molecule has 2 rings (SSSR count). The molecule has 0 spiro atoms. The Hall–Kier alpha value is -1.45. The molecule has 0 atom stereocenters. The highest BCUT2D eigenvalue weighted by Gasteiger charge is 2.26. The molecule has 1 N–H and O–H groups in total. The Morgan fingerprint density at radius 3 is 2.53 bits per heavy atom. The summed E-state index contributed by atoms with van der Waals surface area (Å²) >= 11 is 0. The second kappa shape index (κ2) is 5.25. The van der Waals surface area contributed by atoms with E-state index in [1.165, 1.54) is 0 Å². The van der Waals surface area contributed by atoms with Gasteiger partial charge in [-0.15, -0.1) is 0 Å². The monoisotopic (exact) mass is 234 g/mol. The molecule has 0 amide bonds. The van der Waals surface area contributed by atoms with E-state index in [0.717, 1.165) is 43.5 Å². The summed E-state index contributed by atoms with van der Waals surface area (Å²) in [6, 6.07) is 4.00. The summed E-state index contributed by atoms with van der Waals surface area (Å²) in [5, 5.41) is 17.1. The lowest BCUT2D eigenvalue weighted by molar-refractivity contribution is -0.143. The van der Waals surface area contributed by atoms with Crippen molar-refractivity contribution in [2.75, 3.05) is 0 Å². The molecule has 1 aromatic rings. The van der Waals surface area contributed by atoms with Crippen molar-refractivity contribution >= 4 is 5.97 Å². The molecule has 1 aliphatic carbocycles. The molecule has 17 heavy (non-hydrogen) atoms. The van der Waals surface area contributed by atoms with Gasteiger partial charge in [-0.1, -0.05) is 0 Å². The van der Waals surface area contributed by atoms with Crippen molar-refractivity contribution < 1.29 is 9.90 Å². The van der Waals surface area contributed by atoms with Gasteiger partial charge in [-0.3, -0.25) is 4.79 Å². The summed E-state index contributed by atoms with van der Waals surface area (Å²) in [5.41, 5.74) is 1.96. The van der Waals surface area contributed by atoms with Gasteiger partial charge < -0.3 is 5.11 Å². The molecule has 4 heteroatoms. The quantitative estimate of drug-likeness (QED) is 0.871. The van der Waals surface area contributed by atoms with Crippen molar-refractivity contribution in [2.24, 2.45) is 11.8 Å². The molecule has 0 unspecified atom stereocenters. The van der Waals surface area contributed by atoms with Crippen molar-refractivity contribution in [1.29, 1.82) is 0 Å². The summed E-state index contributed by atoms with van der Waals surface area (Å²) in [4.78, 5) is 10.8. The zero-order valence-corrected chi connectivity index (χ0v) is 10.1. The van der Waals surface area contributed by atoms with Crippen LogP contribution in [-0.4, -0.2) is 21.3 Å². The third kappa shape index (κ3) is 3.25. The predicted octanol–water partition coefficient (Wildman–Crippen LogP) is 2.22. The van der Waals surface area contributed by atoms with Gasteiger partial charge in [-0.05, 0) is 57.1 Å². The zero-order chi connectivity index (χ0) is 12.3. The minimum Gasteiger partial charge on any atom is -0.481 e. The Labute approximate surface area is 101 Å². The highest BCUT2D eigenvalue weighted by atomic mass is 16.4. The van der Waals surface area contributed by atoms with Crippen molar-refractivity contribution in [3.05, 3.63) is 23.5 Å². The third-order valence-electron chi connectivity index (χ3n) is 3.55. The van der Waals surface area contributed by atoms with Gasteiger partial charge in [0.1, 0.15) is 0 Å². The molecule has 0 radical (unpaired) electrons. The number of rotatable bonds is 3. The molecule has 1 saturated carbocycles. The number of aliphatic carboxylic acids is 1. The van der Waals surface area contributed by atoms with E-state index < -0.39 is 5.97 Å². The van der Waals surface area contributed by atoms with E-state index in [1.807, 2.05) is 19.1 Å². The molecule has 4 nitrogen and oxygen atoms in total. The lowest BCUT2D eigenvalue weighted by Gasteiger charge is -2.25. The highest BCUT2D eigenvalue weighted by molar-refractivity contribution is 5.69. The second-order valence-corrected chi connectivity index (χ2v) is 4.93. The van der Waals surface area contributed by atoms with Crippen LogP contribution in [0.2, 0.25) is 0 Å². The lowest BCUT2D eigenvalue weighted by atomic mass is 9.80. The minimum atomic E-state index is -0.640.